The summed E-state index contributed by atoms with van der Waals surface area (Å²) in [5.74, 6) is 0.937. The van der Waals surface area contributed by atoms with Crippen molar-refractivity contribution in [1.82, 2.24) is 15.5 Å². The molecule has 34 heavy (non-hydrogen) atoms. The number of piperidine rings is 1. The SMILES string of the molecule is CC(NCCc1ccc(CSc2cccc3c2CN(C2CCC(=O)NC2=O)C3=O)cc1)C1CC1. The summed E-state index contributed by atoms with van der Waals surface area (Å²) in [4.78, 5) is 39.5. The van der Waals surface area contributed by atoms with Gasteiger partial charge >= 0.3 is 0 Å². The Bertz CT molecular complexity index is 1100. The Labute approximate surface area is 204 Å². The minimum Gasteiger partial charge on any atom is -0.322 e. The van der Waals surface area contributed by atoms with Crippen molar-refractivity contribution in [1.29, 1.82) is 0 Å². The fourth-order valence-corrected chi connectivity index (χ4v) is 5.90. The predicted octanol–water partition coefficient (Wildman–Crippen LogP) is 3.67. The Kier molecular flexibility index (Phi) is 6.75. The van der Waals surface area contributed by atoms with Gasteiger partial charge in [0.15, 0.2) is 0 Å². The molecule has 2 unspecified atom stereocenters. The van der Waals surface area contributed by atoms with E-state index in [4.69, 9.17) is 0 Å². The van der Waals surface area contributed by atoms with Crippen LogP contribution in [0.5, 0.6) is 0 Å². The maximum Gasteiger partial charge on any atom is 0.255 e. The average molecular weight is 478 g/mol. The first-order valence-electron chi connectivity index (χ1n) is 12.2. The molecule has 2 aromatic carbocycles. The lowest BCUT2D eigenvalue weighted by Gasteiger charge is -2.29. The third-order valence-electron chi connectivity index (χ3n) is 7.17. The summed E-state index contributed by atoms with van der Waals surface area (Å²) in [5, 5.41) is 6.00. The molecule has 2 heterocycles. The lowest BCUT2D eigenvalue weighted by atomic mass is 10.0. The van der Waals surface area contributed by atoms with Crippen molar-refractivity contribution in [3.8, 4) is 0 Å². The van der Waals surface area contributed by atoms with Gasteiger partial charge in [0.25, 0.3) is 5.91 Å². The lowest BCUT2D eigenvalue weighted by molar-refractivity contribution is -0.136. The largest absolute Gasteiger partial charge is 0.322 e. The van der Waals surface area contributed by atoms with Gasteiger partial charge in [-0.3, -0.25) is 19.7 Å². The van der Waals surface area contributed by atoms with E-state index in [2.05, 4.69) is 41.8 Å². The summed E-state index contributed by atoms with van der Waals surface area (Å²) in [6, 6.07) is 14.6. The maximum absolute atomic E-state index is 13.0. The van der Waals surface area contributed by atoms with E-state index in [0.717, 1.165) is 35.1 Å². The molecule has 1 saturated carbocycles. The van der Waals surface area contributed by atoms with Crippen LogP contribution < -0.4 is 10.6 Å². The zero-order valence-corrected chi connectivity index (χ0v) is 20.3. The number of hydrogen-bond acceptors (Lipinski definition) is 5. The van der Waals surface area contributed by atoms with E-state index in [9.17, 15) is 14.4 Å². The standard InChI is InChI=1S/C27H31N3O3S/c1-17(20-9-10-20)28-14-13-18-5-7-19(8-6-18)16-34-24-4-2-3-21-22(24)15-30(27(21)33)23-11-12-25(31)29-26(23)32/h2-8,17,20,23,28H,9-16H2,1H3,(H,29,31,32). The van der Waals surface area contributed by atoms with E-state index < -0.39 is 6.04 Å². The highest BCUT2D eigenvalue weighted by atomic mass is 32.2. The number of hydrogen-bond donors (Lipinski definition) is 2. The number of imide groups is 1. The van der Waals surface area contributed by atoms with Gasteiger partial charge in [-0.05, 0) is 73.9 Å². The number of benzene rings is 2. The zero-order chi connectivity index (χ0) is 23.7. The van der Waals surface area contributed by atoms with Crippen molar-refractivity contribution >= 4 is 29.5 Å². The normalized spacial score (nSPS) is 20.9. The first-order valence-corrected chi connectivity index (χ1v) is 13.2. The Balaban J connectivity index is 1.18. The number of nitrogens with one attached hydrogen (secondary N) is 2. The second-order valence-corrected chi connectivity index (χ2v) is 10.6. The van der Waals surface area contributed by atoms with Gasteiger partial charge < -0.3 is 10.2 Å². The molecule has 1 saturated heterocycles. The zero-order valence-electron chi connectivity index (χ0n) is 19.5. The smallest absolute Gasteiger partial charge is 0.255 e. The number of nitrogens with zero attached hydrogens (tertiary/aromatic N) is 1. The molecular weight excluding hydrogens is 446 g/mol. The number of thioether (sulfide) groups is 1. The molecule has 2 atom stereocenters. The number of carbonyl (C=O) groups excluding carboxylic acids is 3. The van der Waals surface area contributed by atoms with Gasteiger partial charge in [0.2, 0.25) is 11.8 Å². The van der Waals surface area contributed by atoms with Crippen LogP contribution >= 0.6 is 11.8 Å². The molecule has 1 aliphatic carbocycles. The lowest BCUT2D eigenvalue weighted by Crippen LogP contribution is -2.52. The van der Waals surface area contributed by atoms with Crippen molar-refractivity contribution in [2.75, 3.05) is 6.54 Å². The average Bonchev–Trinajstić information content (AvgIpc) is 3.63. The van der Waals surface area contributed by atoms with Crippen LogP contribution in [0.15, 0.2) is 47.4 Å². The highest BCUT2D eigenvalue weighted by Crippen LogP contribution is 2.35. The van der Waals surface area contributed by atoms with E-state index >= 15 is 0 Å². The van der Waals surface area contributed by atoms with Gasteiger partial charge in [0, 0.05) is 35.2 Å². The van der Waals surface area contributed by atoms with Crippen molar-refractivity contribution in [2.24, 2.45) is 5.92 Å². The summed E-state index contributed by atoms with van der Waals surface area (Å²) in [6.45, 7) is 3.71. The molecule has 3 amide bonds. The molecule has 2 N–H and O–H groups in total. The first-order chi connectivity index (χ1) is 16.5. The van der Waals surface area contributed by atoms with E-state index in [1.807, 2.05) is 18.2 Å². The van der Waals surface area contributed by atoms with Gasteiger partial charge in [-0.15, -0.1) is 11.8 Å². The van der Waals surface area contributed by atoms with Crippen LogP contribution in [-0.2, 0) is 28.3 Å². The second kappa shape index (κ2) is 9.92. The van der Waals surface area contributed by atoms with Crippen LogP contribution in [0.2, 0.25) is 0 Å². The molecule has 5 rings (SSSR count). The summed E-state index contributed by atoms with van der Waals surface area (Å²) >= 11 is 1.72. The Morgan fingerprint density at radius 3 is 2.56 bits per heavy atom. The van der Waals surface area contributed by atoms with Crippen molar-refractivity contribution in [3.63, 3.8) is 0 Å². The summed E-state index contributed by atoms with van der Waals surface area (Å²) in [5.41, 5.74) is 4.24. The Hall–Kier alpha value is -2.64. The van der Waals surface area contributed by atoms with Crippen molar-refractivity contribution in [3.05, 3.63) is 64.7 Å². The quantitative estimate of drug-likeness (QED) is 0.426. The second-order valence-electron chi connectivity index (χ2n) is 9.62. The molecule has 0 radical (unpaired) electrons. The third-order valence-corrected chi connectivity index (χ3v) is 8.34. The topological polar surface area (TPSA) is 78.5 Å². The molecule has 7 heteroatoms. The fraction of sp³-hybridized carbons (Fsp3) is 0.444. The van der Waals surface area contributed by atoms with E-state index in [1.54, 1.807) is 16.7 Å². The predicted molar refractivity (Wildman–Crippen MR) is 132 cm³/mol. The van der Waals surface area contributed by atoms with Crippen LogP contribution in [-0.4, -0.2) is 41.2 Å². The van der Waals surface area contributed by atoms with E-state index in [0.29, 0.717) is 24.6 Å². The van der Waals surface area contributed by atoms with Crippen LogP contribution in [0.1, 0.15) is 59.7 Å². The minimum atomic E-state index is -0.579. The van der Waals surface area contributed by atoms with E-state index in [1.165, 1.54) is 24.0 Å². The minimum absolute atomic E-state index is 0.124. The van der Waals surface area contributed by atoms with Crippen LogP contribution in [0.3, 0.4) is 0 Å². The Morgan fingerprint density at radius 1 is 1.06 bits per heavy atom. The van der Waals surface area contributed by atoms with Gasteiger partial charge in [0.1, 0.15) is 6.04 Å². The van der Waals surface area contributed by atoms with Gasteiger partial charge in [-0.25, -0.2) is 0 Å². The number of rotatable bonds is 9. The van der Waals surface area contributed by atoms with Crippen LogP contribution in [0.4, 0.5) is 0 Å². The number of carbonyl (C=O) groups is 3. The molecule has 178 valence electrons. The highest BCUT2D eigenvalue weighted by Gasteiger charge is 2.39. The van der Waals surface area contributed by atoms with Crippen molar-refractivity contribution in [2.45, 2.75) is 68.3 Å². The summed E-state index contributed by atoms with van der Waals surface area (Å²) in [6.07, 6.45) is 4.43. The van der Waals surface area contributed by atoms with Crippen LogP contribution in [0, 0.1) is 5.92 Å². The number of amides is 3. The third kappa shape index (κ3) is 5.05. The molecule has 0 aromatic heterocycles. The molecule has 2 aromatic rings. The molecule has 3 aliphatic rings. The first kappa shape index (κ1) is 23.1. The number of fused-ring (bicyclic) bond motifs is 1. The highest BCUT2D eigenvalue weighted by molar-refractivity contribution is 7.98. The molecule has 2 aliphatic heterocycles. The molecular formula is C27H31N3O3S. The molecule has 0 spiro atoms. The van der Waals surface area contributed by atoms with Gasteiger partial charge in [0.05, 0.1) is 0 Å². The fourth-order valence-electron chi connectivity index (χ4n) is 4.86. The summed E-state index contributed by atoms with van der Waals surface area (Å²) in [7, 11) is 0. The van der Waals surface area contributed by atoms with Gasteiger partial charge in [-0.1, -0.05) is 30.3 Å². The van der Waals surface area contributed by atoms with Crippen LogP contribution in [0.25, 0.3) is 0 Å². The van der Waals surface area contributed by atoms with E-state index in [-0.39, 0.29) is 24.1 Å². The maximum atomic E-state index is 13.0. The Morgan fingerprint density at radius 2 is 1.82 bits per heavy atom. The molecule has 6 nitrogen and oxygen atoms in total. The monoisotopic (exact) mass is 477 g/mol. The molecule has 2 fully saturated rings. The molecule has 0 bridgehead atoms. The summed E-state index contributed by atoms with van der Waals surface area (Å²) < 4.78 is 0. The van der Waals surface area contributed by atoms with Crippen molar-refractivity contribution < 1.29 is 14.4 Å². The van der Waals surface area contributed by atoms with Gasteiger partial charge in [-0.2, -0.15) is 0 Å².